The number of nitrogens with one attached hydrogen (secondary N) is 2. The van der Waals surface area contributed by atoms with Crippen LogP contribution in [0.2, 0.25) is 0 Å². The van der Waals surface area contributed by atoms with E-state index < -0.39 is 40.5 Å². The van der Waals surface area contributed by atoms with E-state index in [1.807, 2.05) is 30.3 Å². The highest BCUT2D eigenvalue weighted by Crippen LogP contribution is 2.20. The van der Waals surface area contributed by atoms with Crippen LogP contribution in [0.15, 0.2) is 77.7 Å². The van der Waals surface area contributed by atoms with Crippen molar-refractivity contribution in [2.45, 2.75) is 17.9 Å². The zero-order chi connectivity index (χ0) is 27.0. The summed E-state index contributed by atoms with van der Waals surface area (Å²) in [6.07, 6.45) is 0. The molecule has 0 aromatic heterocycles. The van der Waals surface area contributed by atoms with Gasteiger partial charge in [-0.2, -0.15) is 0 Å². The first-order chi connectivity index (χ1) is 17.6. The first-order valence-electron chi connectivity index (χ1n) is 11.0. The Hall–Kier alpha value is -4.22. The van der Waals surface area contributed by atoms with Crippen molar-refractivity contribution < 1.29 is 37.0 Å². The summed E-state index contributed by atoms with van der Waals surface area (Å²) < 4.78 is 42.8. The number of hydrogen-bond acceptors (Lipinski definition) is 8. The molecule has 0 saturated carbocycles. The molecule has 0 aliphatic heterocycles. The van der Waals surface area contributed by atoms with Crippen LogP contribution in [0, 0.1) is 0 Å². The minimum absolute atomic E-state index is 0.0436. The van der Waals surface area contributed by atoms with E-state index in [1.54, 1.807) is 6.92 Å². The normalized spacial score (nSPS) is 11.8. The Kier molecular flexibility index (Phi) is 8.99. The number of ether oxygens (including phenoxy) is 3. The summed E-state index contributed by atoms with van der Waals surface area (Å²) >= 11 is 0. The van der Waals surface area contributed by atoms with Gasteiger partial charge in [-0.3, -0.25) is 4.79 Å². The van der Waals surface area contributed by atoms with Gasteiger partial charge in [0.05, 0.1) is 30.2 Å². The molecule has 1 amide bonds. The van der Waals surface area contributed by atoms with E-state index in [2.05, 4.69) is 19.5 Å². The highest BCUT2D eigenvalue weighted by Gasteiger charge is 2.19. The van der Waals surface area contributed by atoms with Crippen molar-refractivity contribution in [3.63, 3.8) is 0 Å². The van der Waals surface area contributed by atoms with E-state index in [1.165, 1.54) is 56.7 Å². The number of sulfonamides is 1. The summed E-state index contributed by atoms with van der Waals surface area (Å²) in [5.41, 5.74) is 1.09. The molecule has 0 spiro atoms. The molecule has 10 nitrogen and oxygen atoms in total. The average Bonchev–Trinajstić information content (AvgIpc) is 2.91. The third kappa shape index (κ3) is 7.38. The van der Waals surface area contributed by atoms with Crippen LogP contribution < -0.4 is 14.8 Å². The van der Waals surface area contributed by atoms with Gasteiger partial charge in [-0.15, -0.1) is 0 Å². The van der Waals surface area contributed by atoms with Gasteiger partial charge in [-0.1, -0.05) is 30.3 Å². The van der Waals surface area contributed by atoms with Gasteiger partial charge < -0.3 is 19.5 Å². The molecule has 1 atom stereocenters. The Morgan fingerprint density at radius 3 is 1.95 bits per heavy atom. The fraction of sp³-hybridized carbons (Fsp3) is 0.192. The number of anilines is 1. The van der Waals surface area contributed by atoms with E-state index in [4.69, 9.17) is 4.74 Å². The van der Waals surface area contributed by atoms with Crippen molar-refractivity contribution in [1.82, 2.24) is 4.72 Å². The quantitative estimate of drug-likeness (QED) is 0.384. The molecule has 3 aromatic rings. The van der Waals surface area contributed by atoms with Gasteiger partial charge in [0.15, 0.2) is 6.61 Å². The summed E-state index contributed by atoms with van der Waals surface area (Å²) in [7, 11) is -1.40. The summed E-state index contributed by atoms with van der Waals surface area (Å²) in [6.45, 7) is 1.34. The first-order valence-corrected chi connectivity index (χ1v) is 12.5. The summed E-state index contributed by atoms with van der Waals surface area (Å²) in [6, 6.07) is 18.3. The van der Waals surface area contributed by atoms with Crippen molar-refractivity contribution in [1.29, 1.82) is 0 Å². The minimum atomic E-state index is -3.78. The zero-order valence-corrected chi connectivity index (χ0v) is 21.2. The fourth-order valence-electron chi connectivity index (χ4n) is 3.34. The van der Waals surface area contributed by atoms with E-state index in [9.17, 15) is 22.8 Å². The fourth-order valence-corrected chi connectivity index (χ4v) is 4.57. The molecule has 0 fully saturated rings. The monoisotopic (exact) mass is 526 g/mol. The molecule has 0 heterocycles. The second kappa shape index (κ2) is 12.2. The van der Waals surface area contributed by atoms with Crippen LogP contribution in [-0.2, 0) is 24.3 Å². The third-order valence-corrected chi connectivity index (χ3v) is 6.75. The predicted octanol–water partition coefficient (Wildman–Crippen LogP) is 3.32. The average molecular weight is 527 g/mol. The maximum Gasteiger partial charge on any atom is 0.337 e. The molecule has 11 heteroatoms. The maximum atomic E-state index is 12.7. The molecular formula is C26H26N2O8S. The van der Waals surface area contributed by atoms with Crippen molar-refractivity contribution in [2.24, 2.45) is 0 Å². The molecule has 2 N–H and O–H groups in total. The number of carbonyl (C=O) groups is 3. The second-order valence-corrected chi connectivity index (χ2v) is 9.56. The van der Waals surface area contributed by atoms with Gasteiger partial charge in [-0.25, -0.2) is 22.7 Å². The standard InChI is InChI=1S/C26H26N2O8S/c1-17(18-7-5-4-6-8-18)28-37(32,33)23-11-9-22(10-12-23)36-16-24(29)27-21-14-19(25(30)34-2)13-20(15-21)26(31)35-3/h4-15,17,28H,16H2,1-3H3,(H,27,29)/t17-/m0/s1. The van der Waals surface area contributed by atoms with Crippen LogP contribution in [0.4, 0.5) is 5.69 Å². The maximum absolute atomic E-state index is 12.7. The minimum Gasteiger partial charge on any atom is -0.484 e. The van der Waals surface area contributed by atoms with E-state index in [0.29, 0.717) is 0 Å². The Balaban J connectivity index is 1.62. The van der Waals surface area contributed by atoms with E-state index in [-0.39, 0.29) is 27.5 Å². The molecule has 0 unspecified atom stereocenters. The lowest BCUT2D eigenvalue weighted by Gasteiger charge is -2.15. The van der Waals surface area contributed by atoms with Gasteiger partial charge in [0.1, 0.15) is 5.75 Å². The van der Waals surface area contributed by atoms with Gasteiger partial charge >= 0.3 is 11.9 Å². The van der Waals surface area contributed by atoms with Gasteiger partial charge in [-0.05, 0) is 55.0 Å². The zero-order valence-electron chi connectivity index (χ0n) is 20.4. The topological polar surface area (TPSA) is 137 Å². The van der Waals surface area contributed by atoms with E-state index >= 15 is 0 Å². The van der Waals surface area contributed by atoms with Crippen LogP contribution in [-0.4, -0.2) is 47.1 Å². The van der Waals surface area contributed by atoms with Crippen LogP contribution in [0.3, 0.4) is 0 Å². The Labute approximate surface area is 214 Å². The highest BCUT2D eigenvalue weighted by atomic mass is 32.2. The lowest BCUT2D eigenvalue weighted by Crippen LogP contribution is -2.26. The lowest BCUT2D eigenvalue weighted by molar-refractivity contribution is -0.118. The highest BCUT2D eigenvalue weighted by molar-refractivity contribution is 7.89. The Bertz CT molecular complexity index is 1340. The molecule has 3 aromatic carbocycles. The number of rotatable bonds is 10. The molecule has 0 saturated heterocycles. The Morgan fingerprint density at radius 1 is 0.838 bits per heavy atom. The second-order valence-electron chi connectivity index (χ2n) is 7.84. The third-order valence-electron chi connectivity index (χ3n) is 5.19. The van der Waals surface area contributed by atoms with Crippen LogP contribution in [0.5, 0.6) is 5.75 Å². The van der Waals surface area contributed by atoms with Crippen molar-refractivity contribution in [3.8, 4) is 5.75 Å². The number of benzene rings is 3. The largest absolute Gasteiger partial charge is 0.484 e. The van der Waals surface area contributed by atoms with Gasteiger partial charge in [0.2, 0.25) is 10.0 Å². The summed E-state index contributed by atoms with van der Waals surface area (Å²) in [5, 5.41) is 2.54. The van der Waals surface area contributed by atoms with Crippen molar-refractivity contribution in [3.05, 3.63) is 89.5 Å². The van der Waals surface area contributed by atoms with E-state index in [0.717, 1.165) is 5.56 Å². The SMILES string of the molecule is COC(=O)c1cc(NC(=O)COc2ccc(S(=O)(=O)N[C@@H](C)c3ccccc3)cc2)cc(C(=O)OC)c1. The molecule has 0 radical (unpaired) electrons. The number of amides is 1. The molecule has 0 aliphatic carbocycles. The van der Waals surface area contributed by atoms with Crippen molar-refractivity contribution >= 4 is 33.6 Å². The summed E-state index contributed by atoms with van der Waals surface area (Å²) in [4.78, 5) is 36.2. The van der Waals surface area contributed by atoms with Crippen molar-refractivity contribution in [2.75, 3.05) is 26.1 Å². The Morgan fingerprint density at radius 2 is 1.41 bits per heavy atom. The molecule has 0 aliphatic rings. The molecule has 3 rings (SSSR count). The summed E-state index contributed by atoms with van der Waals surface area (Å²) in [5.74, 6) is -1.70. The molecular weight excluding hydrogens is 500 g/mol. The van der Waals surface area contributed by atoms with Gasteiger partial charge in [0.25, 0.3) is 5.91 Å². The van der Waals surface area contributed by atoms with Gasteiger partial charge in [0, 0.05) is 11.7 Å². The first kappa shape index (κ1) is 27.4. The van der Waals surface area contributed by atoms with Crippen LogP contribution in [0.25, 0.3) is 0 Å². The molecule has 194 valence electrons. The number of carbonyl (C=O) groups excluding carboxylic acids is 3. The lowest BCUT2D eigenvalue weighted by atomic mass is 10.1. The number of hydrogen-bond donors (Lipinski definition) is 2. The molecule has 37 heavy (non-hydrogen) atoms. The van der Waals surface area contributed by atoms with Crippen LogP contribution >= 0.6 is 0 Å². The predicted molar refractivity (Wildman–Crippen MR) is 135 cm³/mol. The smallest absolute Gasteiger partial charge is 0.337 e. The molecule has 0 bridgehead atoms. The number of methoxy groups -OCH3 is 2. The van der Waals surface area contributed by atoms with Crippen LogP contribution in [0.1, 0.15) is 39.2 Å². The number of esters is 2.